The Morgan fingerprint density at radius 3 is 2.32 bits per heavy atom. The average molecular weight is 305 g/mol. The minimum absolute atomic E-state index is 0.0191. The van der Waals surface area contributed by atoms with Crippen molar-refractivity contribution in [3.05, 3.63) is 35.4 Å². The molecular formula is C19H31NO2. The highest BCUT2D eigenvalue weighted by Gasteiger charge is 2.32. The van der Waals surface area contributed by atoms with Crippen LogP contribution < -0.4 is 5.32 Å². The first-order valence-corrected chi connectivity index (χ1v) is 8.61. The summed E-state index contributed by atoms with van der Waals surface area (Å²) in [7, 11) is 0. The van der Waals surface area contributed by atoms with E-state index in [1.165, 1.54) is 11.1 Å². The first-order valence-electron chi connectivity index (χ1n) is 8.61. The highest BCUT2D eigenvalue weighted by molar-refractivity contribution is 5.25. The fourth-order valence-corrected chi connectivity index (χ4v) is 3.22. The van der Waals surface area contributed by atoms with Gasteiger partial charge in [0, 0.05) is 31.2 Å². The van der Waals surface area contributed by atoms with E-state index in [1.54, 1.807) is 0 Å². The molecule has 1 unspecified atom stereocenters. The Hall–Kier alpha value is -0.900. The molecule has 0 radical (unpaired) electrons. The Morgan fingerprint density at radius 2 is 1.82 bits per heavy atom. The zero-order chi connectivity index (χ0) is 16.0. The standard InChI is InChI=1S/C19H31NO2/c1-4-16-5-7-17(8-6-16)18(15(2)3)20-13-19(14-21)9-11-22-12-10-19/h5-8,15,18,20-21H,4,9-14H2,1-3H3. The molecule has 0 saturated carbocycles. The van der Waals surface area contributed by atoms with Crippen LogP contribution in [0.4, 0.5) is 0 Å². The van der Waals surface area contributed by atoms with E-state index in [9.17, 15) is 5.11 Å². The summed E-state index contributed by atoms with van der Waals surface area (Å²) in [6, 6.07) is 9.26. The first kappa shape index (κ1) is 17.5. The van der Waals surface area contributed by atoms with Crippen LogP contribution in [0.1, 0.15) is 50.8 Å². The Morgan fingerprint density at radius 1 is 1.18 bits per heavy atom. The van der Waals surface area contributed by atoms with Crippen LogP contribution in [0.15, 0.2) is 24.3 Å². The number of aliphatic hydroxyl groups is 1. The predicted octanol–water partition coefficient (Wildman–Crippen LogP) is 3.32. The molecule has 1 heterocycles. The van der Waals surface area contributed by atoms with E-state index in [0.717, 1.165) is 39.0 Å². The van der Waals surface area contributed by atoms with Crippen molar-refractivity contribution in [1.29, 1.82) is 0 Å². The fourth-order valence-electron chi connectivity index (χ4n) is 3.22. The molecule has 3 heteroatoms. The van der Waals surface area contributed by atoms with Gasteiger partial charge in [-0.05, 0) is 36.3 Å². The van der Waals surface area contributed by atoms with Crippen molar-refractivity contribution < 1.29 is 9.84 Å². The van der Waals surface area contributed by atoms with Crippen molar-refractivity contribution in [1.82, 2.24) is 5.32 Å². The molecule has 124 valence electrons. The van der Waals surface area contributed by atoms with Gasteiger partial charge in [-0.25, -0.2) is 0 Å². The van der Waals surface area contributed by atoms with Gasteiger partial charge in [-0.1, -0.05) is 45.0 Å². The van der Waals surface area contributed by atoms with Crippen molar-refractivity contribution >= 4 is 0 Å². The van der Waals surface area contributed by atoms with Gasteiger partial charge in [-0.3, -0.25) is 0 Å². The number of hydrogen-bond donors (Lipinski definition) is 2. The molecular weight excluding hydrogens is 274 g/mol. The average Bonchev–Trinajstić information content (AvgIpc) is 2.56. The van der Waals surface area contributed by atoms with Gasteiger partial charge in [-0.15, -0.1) is 0 Å². The predicted molar refractivity (Wildman–Crippen MR) is 91.0 cm³/mol. The molecule has 1 atom stereocenters. The van der Waals surface area contributed by atoms with E-state index < -0.39 is 0 Å². The van der Waals surface area contributed by atoms with Gasteiger partial charge < -0.3 is 15.2 Å². The summed E-state index contributed by atoms with van der Waals surface area (Å²) in [5.41, 5.74) is 2.70. The van der Waals surface area contributed by atoms with E-state index in [-0.39, 0.29) is 12.0 Å². The van der Waals surface area contributed by atoms with Gasteiger partial charge >= 0.3 is 0 Å². The number of aryl methyl sites for hydroxylation is 1. The molecule has 1 aromatic carbocycles. The quantitative estimate of drug-likeness (QED) is 0.812. The van der Waals surface area contributed by atoms with E-state index in [4.69, 9.17) is 4.74 Å². The van der Waals surface area contributed by atoms with Gasteiger partial charge in [0.2, 0.25) is 0 Å². The molecule has 1 saturated heterocycles. The molecule has 1 fully saturated rings. The highest BCUT2D eigenvalue weighted by Crippen LogP contribution is 2.31. The van der Waals surface area contributed by atoms with Gasteiger partial charge in [0.25, 0.3) is 0 Å². The number of nitrogens with one attached hydrogen (secondary N) is 1. The summed E-state index contributed by atoms with van der Waals surface area (Å²) >= 11 is 0. The SMILES string of the molecule is CCc1ccc(C(NCC2(CO)CCOCC2)C(C)C)cc1. The van der Waals surface area contributed by atoms with Crippen LogP contribution in [0.5, 0.6) is 0 Å². The Bertz CT molecular complexity index is 435. The molecule has 22 heavy (non-hydrogen) atoms. The number of hydrogen-bond acceptors (Lipinski definition) is 3. The second kappa shape index (κ2) is 8.09. The molecule has 2 N–H and O–H groups in total. The van der Waals surface area contributed by atoms with E-state index in [0.29, 0.717) is 12.0 Å². The van der Waals surface area contributed by atoms with Crippen molar-refractivity contribution in [2.45, 2.75) is 46.1 Å². The lowest BCUT2D eigenvalue weighted by atomic mass is 9.80. The maximum Gasteiger partial charge on any atom is 0.0501 e. The number of ether oxygens (including phenoxy) is 1. The van der Waals surface area contributed by atoms with Crippen molar-refractivity contribution in [2.75, 3.05) is 26.4 Å². The second-order valence-electron chi connectivity index (χ2n) is 6.97. The minimum atomic E-state index is -0.0191. The third-order valence-corrected chi connectivity index (χ3v) is 5.00. The number of rotatable bonds is 7. The smallest absolute Gasteiger partial charge is 0.0501 e. The highest BCUT2D eigenvalue weighted by atomic mass is 16.5. The van der Waals surface area contributed by atoms with Crippen molar-refractivity contribution in [3.8, 4) is 0 Å². The second-order valence-corrected chi connectivity index (χ2v) is 6.97. The molecule has 0 spiro atoms. The lowest BCUT2D eigenvalue weighted by Gasteiger charge is -2.37. The first-order chi connectivity index (χ1) is 10.6. The van der Waals surface area contributed by atoms with Gasteiger partial charge in [0.1, 0.15) is 0 Å². The van der Waals surface area contributed by atoms with Crippen molar-refractivity contribution in [2.24, 2.45) is 11.3 Å². The summed E-state index contributed by atoms with van der Waals surface area (Å²) in [4.78, 5) is 0. The lowest BCUT2D eigenvalue weighted by Crippen LogP contribution is -2.43. The summed E-state index contributed by atoms with van der Waals surface area (Å²) in [6.07, 6.45) is 2.96. The summed E-state index contributed by atoms with van der Waals surface area (Å²) < 4.78 is 5.45. The van der Waals surface area contributed by atoms with E-state index in [1.807, 2.05) is 0 Å². The molecule has 1 aromatic rings. The number of aliphatic hydroxyl groups excluding tert-OH is 1. The van der Waals surface area contributed by atoms with Gasteiger partial charge in [-0.2, -0.15) is 0 Å². The van der Waals surface area contributed by atoms with Crippen LogP contribution in [0.3, 0.4) is 0 Å². The van der Waals surface area contributed by atoms with Crippen LogP contribution in [0, 0.1) is 11.3 Å². The van der Waals surface area contributed by atoms with Crippen LogP contribution in [0.25, 0.3) is 0 Å². The lowest BCUT2D eigenvalue weighted by molar-refractivity contribution is -0.0172. The normalized spacial score (nSPS) is 19.3. The Kier molecular flexibility index (Phi) is 6.42. The van der Waals surface area contributed by atoms with E-state index >= 15 is 0 Å². The monoisotopic (exact) mass is 305 g/mol. The molecule has 0 aliphatic carbocycles. The van der Waals surface area contributed by atoms with Crippen LogP contribution in [-0.2, 0) is 11.2 Å². The molecule has 0 aromatic heterocycles. The molecule has 1 aliphatic rings. The zero-order valence-electron chi connectivity index (χ0n) is 14.3. The largest absolute Gasteiger partial charge is 0.396 e. The Labute approximate surface area is 135 Å². The van der Waals surface area contributed by atoms with Crippen molar-refractivity contribution in [3.63, 3.8) is 0 Å². The summed E-state index contributed by atoms with van der Waals surface area (Å²) in [5.74, 6) is 0.517. The number of benzene rings is 1. The topological polar surface area (TPSA) is 41.5 Å². The summed E-state index contributed by atoms with van der Waals surface area (Å²) in [5, 5.41) is 13.6. The van der Waals surface area contributed by atoms with Gasteiger partial charge in [0.15, 0.2) is 0 Å². The fraction of sp³-hybridized carbons (Fsp3) is 0.684. The maximum atomic E-state index is 9.84. The third kappa shape index (κ3) is 4.31. The minimum Gasteiger partial charge on any atom is -0.396 e. The zero-order valence-corrected chi connectivity index (χ0v) is 14.3. The summed E-state index contributed by atoms with van der Waals surface area (Å²) in [6.45, 7) is 9.30. The van der Waals surface area contributed by atoms with Crippen LogP contribution in [0.2, 0.25) is 0 Å². The molecule has 2 rings (SSSR count). The maximum absolute atomic E-state index is 9.84. The van der Waals surface area contributed by atoms with Crippen LogP contribution in [-0.4, -0.2) is 31.5 Å². The van der Waals surface area contributed by atoms with Crippen LogP contribution >= 0.6 is 0 Å². The molecule has 3 nitrogen and oxygen atoms in total. The molecule has 1 aliphatic heterocycles. The molecule has 0 bridgehead atoms. The van der Waals surface area contributed by atoms with E-state index in [2.05, 4.69) is 50.4 Å². The third-order valence-electron chi connectivity index (χ3n) is 5.00. The van der Waals surface area contributed by atoms with Gasteiger partial charge in [0.05, 0.1) is 6.61 Å². The Balaban J connectivity index is 2.04. The molecule has 0 amide bonds.